The first kappa shape index (κ1) is 13.5. The number of cyclic esters (lactones) is 1. The van der Waals surface area contributed by atoms with Gasteiger partial charge >= 0.3 is 11.9 Å². The summed E-state index contributed by atoms with van der Waals surface area (Å²) in [6, 6.07) is 0. The Hall–Kier alpha value is -0.580. The van der Waals surface area contributed by atoms with E-state index in [1.165, 1.54) is 6.61 Å². The standard InChI is InChI=1S/C11H16BrO4/c12-6-3-1-2-4-10(13)16-9-5-7-15-11(14)8-9/h7,9H,1-6,8H2. The molecule has 0 saturated carbocycles. The van der Waals surface area contributed by atoms with E-state index in [1.54, 1.807) is 0 Å². The molecule has 0 bridgehead atoms. The van der Waals surface area contributed by atoms with Gasteiger partial charge in [0.15, 0.2) is 0 Å². The van der Waals surface area contributed by atoms with E-state index in [9.17, 15) is 9.59 Å². The molecule has 1 aliphatic rings. The van der Waals surface area contributed by atoms with E-state index >= 15 is 0 Å². The fourth-order valence-electron chi connectivity index (χ4n) is 1.44. The molecule has 1 radical (unpaired) electrons. The number of alkyl halides is 1. The summed E-state index contributed by atoms with van der Waals surface area (Å²) in [6.45, 7) is 1.40. The number of ether oxygens (including phenoxy) is 2. The summed E-state index contributed by atoms with van der Waals surface area (Å²) >= 11 is 3.33. The van der Waals surface area contributed by atoms with Gasteiger partial charge in [-0.3, -0.25) is 9.59 Å². The van der Waals surface area contributed by atoms with E-state index in [-0.39, 0.29) is 24.5 Å². The van der Waals surface area contributed by atoms with Gasteiger partial charge in [-0.15, -0.1) is 0 Å². The number of unbranched alkanes of at least 4 members (excludes halogenated alkanes) is 2. The predicted octanol–water partition coefficient (Wildman–Crippen LogP) is 2.35. The smallest absolute Gasteiger partial charge is 0.309 e. The molecule has 0 aliphatic carbocycles. The molecule has 0 aromatic heterocycles. The first-order valence-corrected chi connectivity index (χ1v) is 6.61. The Morgan fingerprint density at radius 2 is 2.31 bits per heavy atom. The Morgan fingerprint density at radius 3 is 3.00 bits per heavy atom. The molecule has 1 atom stereocenters. The second-order valence-corrected chi connectivity index (χ2v) is 4.50. The Kier molecular flexibility index (Phi) is 6.45. The van der Waals surface area contributed by atoms with Crippen LogP contribution in [0.3, 0.4) is 0 Å². The third-order valence-electron chi connectivity index (χ3n) is 2.28. The van der Waals surface area contributed by atoms with E-state index in [0.717, 1.165) is 24.6 Å². The van der Waals surface area contributed by atoms with Gasteiger partial charge in [-0.25, -0.2) is 0 Å². The summed E-state index contributed by atoms with van der Waals surface area (Å²) in [5, 5.41) is 0.964. The molecule has 0 spiro atoms. The van der Waals surface area contributed by atoms with Crippen molar-refractivity contribution in [1.82, 2.24) is 0 Å². The maximum absolute atomic E-state index is 11.4. The number of carbonyl (C=O) groups is 2. The fraction of sp³-hybridized carbons (Fsp3) is 0.727. The molecule has 5 heteroatoms. The van der Waals surface area contributed by atoms with Crippen LogP contribution in [0.2, 0.25) is 0 Å². The monoisotopic (exact) mass is 291 g/mol. The molecule has 0 N–H and O–H groups in total. The van der Waals surface area contributed by atoms with Crippen LogP contribution < -0.4 is 0 Å². The maximum atomic E-state index is 11.4. The third-order valence-corrected chi connectivity index (χ3v) is 2.84. The predicted molar refractivity (Wildman–Crippen MR) is 61.8 cm³/mol. The number of hydrogen-bond donors (Lipinski definition) is 0. The van der Waals surface area contributed by atoms with Gasteiger partial charge in [-0.2, -0.15) is 0 Å². The van der Waals surface area contributed by atoms with Crippen LogP contribution in [0.15, 0.2) is 0 Å². The van der Waals surface area contributed by atoms with E-state index in [1.807, 2.05) is 0 Å². The van der Waals surface area contributed by atoms with Gasteiger partial charge in [0, 0.05) is 18.2 Å². The van der Waals surface area contributed by atoms with Crippen molar-refractivity contribution in [2.75, 3.05) is 5.33 Å². The van der Waals surface area contributed by atoms with Gasteiger partial charge in [0.2, 0.25) is 0 Å². The van der Waals surface area contributed by atoms with Crippen LogP contribution in [0.25, 0.3) is 0 Å². The zero-order valence-electron chi connectivity index (χ0n) is 9.12. The van der Waals surface area contributed by atoms with E-state index in [0.29, 0.717) is 12.8 Å². The van der Waals surface area contributed by atoms with Crippen molar-refractivity contribution in [2.24, 2.45) is 0 Å². The van der Waals surface area contributed by atoms with Crippen molar-refractivity contribution in [3.63, 3.8) is 0 Å². The lowest BCUT2D eigenvalue weighted by Crippen LogP contribution is -2.27. The summed E-state index contributed by atoms with van der Waals surface area (Å²) in [6.07, 6.45) is 3.69. The van der Waals surface area contributed by atoms with Crippen LogP contribution in [-0.2, 0) is 19.1 Å². The Labute approximate surface area is 104 Å². The van der Waals surface area contributed by atoms with E-state index < -0.39 is 0 Å². The molecule has 1 saturated heterocycles. The van der Waals surface area contributed by atoms with Crippen LogP contribution in [0.1, 0.15) is 38.5 Å². The van der Waals surface area contributed by atoms with Gasteiger partial charge in [-0.1, -0.05) is 22.4 Å². The number of rotatable bonds is 6. The maximum Gasteiger partial charge on any atom is 0.309 e. The largest absolute Gasteiger partial charge is 0.462 e. The lowest BCUT2D eigenvalue weighted by Gasteiger charge is -2.20. The third kappa shape index (κ3) is 5.49. The molecular formula is C11H16BrO4. The molecule has 1 heterocycles. The molecular weight excluding hydrogens is 276 g/mol. The molecule has 16 heavy (non-hydrogen) atoms. The second kappa shape index (κ2) is 7.65. The molecule has 0 amide bonds. The van der Waals surface area contributed by atoms with Crippen LogP contribution in [0, 0.1) is 6.61 Å². The van der Waals surface area contributed by atoms with E-state index in [4.69, 9.17) is 4.74 Å². The minimum Gasteiger partial charge on any atom is -0.462 e. The van der Waals surface area contributed by atoms with Gasteiger partial charge in [-0.05, 0) is 12.8 Å². The lowest BCUT2D eigenvalue weighted by molar-refractivity contribution is -0.158. The van der Waals surface area contributed by atoms with Crippen LogP contribution >= 0.6 is 15.9 Å². The number of carbonyl (C=O) groups excluding carboxylic acids is 2. The molecule has 4 nitrogen and oxygen atoms in total. The molecule has 91 valence electrons. The SMILES string of the molecule is O=C1CC(OC(=O)CCCCCBr)C[CH]O1. The molecule has 1 rings (SSSR count). The average Bonchev–Trinajstić information content (AvgIpc) is 2.24. The average molecular weight is 292 g/mol. The minimum absolute atomic E-state index is 0.170. The molecule has 0 aromatic rings. The Bertz CT molecular complexity index is 242. The first-order chi connectivity index (χ1) is 7.72. The highest BCUT2D eigenvalue weighted by atomic mass is 79.9. The van der Waals surface area contributed by atoms with Gasteiger partial charge < -0.3 is 9.47 Å². The molecule has 1 fully saturated rings. The minimum atomic E-state index is -0.330. The second-order valence-electron chi connectivity index (χ2n) is 3.71. The molecule has 0 aromatic carbocycles. The summed E-state index contributed by atoms with van der Waals surface area (Å²) < 4.78 is 9.80. The zero-order chi connectivity index (χ0) is 11.8. The topological polar surface area (TPSA) is 52.6 Å². The molecule has 1 aliphatic heterocycles. The van der Waals surface area contributed by atoms with Gasteiger partial charge in [0.05, 0.1) is 6.42 Å². The van der Waals surface area contributed by atoms with Crippen molar-refractivity contribution in [3.05, 3.63) is 6.61 Å². The molecule has 1 unspecified atom stereocenters. The van der Waals surface area contributed by atoms with Crippen LogP contribution in [0.5, 0.6) is 0 Å². The Balaban J connectivity index is 2.10. The van der Waals surface area contributed by atoms with Gasteiger partial charge in [0.1, 0.15) is 12.7 Å². The fourth-order valence-corrected chi connectivity index (χ4v) is 1.84. The summed E-state index contributed by atoms with van der Waals surface area (Å²) in [5.41, 5.74) is 0. The number of halogens is 1. The van der Waals surface area contributed by atoms with Gasteiger partial charge in [0.25, 0.3) is 0 Å². The van der Waals surface area contributed by atoms with Crippen molar-refractivity contribution in [3.8, 4) is 0 Å². The lowest BCUT2D eigenvalue weighted by atomic mass is 10.1. The Morgan fingerprint density at radius 1 is 1.50 bits per heavy atom. The summed E-state index contributed by atoms with van der Waals surface area (Å²) in [4.78, 5) is 22.3. The van der Waals surface area contributed by atoms with Crippen LogP contribution in [-0.4, -0.2) is 23.4 Å². The normalized spacial score (nSPS) is 20.3. The number of esters is 2. The quantitative estimate of drug-likeness (QED) is 0.428. The zero-order valence-corrected chi connectivity index (χ0v) is 10.7. The summed E-state index contributed by atoms with van der Waals surface area (Å²) in [7, 11) is 0. The van der Waals surface area contributed by atoms with Crippen molar-refractivity contribution in [2.45, 2.75) is 44.6 Å². The first-order valence-electron chi connectivity index (χ1n) is 5.49. The highest BCUT2D eigenvalue weighted by molar-refractivity contribution is 9.09. The highest BCUT2D eigenvalue weighted by Gasteiger charge is 2.24. The van der Waals surface area contributed by atoms with E-state index in [2.05, 4.69) is 20.7 Å². The van der Waals surface area contributed by atoms with Crippen molar-refractivity contribution >= 4 is 27.9 Å². The van der Waals surface area contributed by atoms with Crippen molar-refractivity contribution < 1.29 is 19.1 Å². The number of hydrogen-bond acceptors (Lipinski definition) is 4. The van der Waals surface area contributed by atoms with Crippen LogP contribution in [0.4, 0.5) is 0 Å². The summed E-state index contributed by atoms with van der Waals surface area (Å²) in [5.74, 6) is -0.550. The van der Waals surface area contributed by atoms with Crippen molar-refractivity contribution in [1.29, 1.82) is 0 Å². The highest BCUT2D eigenvalue weighted by Crippen LogP contribution is 2.16.